The molecule has 1 atom stereocenters. The Morgan fingerprint density at radius 1 is 1.18 bits per heavy atom. The molecule has 1 aliphatic heterocycles. The fourth-order valence-electron chi connectivity index (χ4n) is 4.87. The third-order valence-corrected chi connectivity index (χ3v) is 8.29. The highest BCUT2D eigenvalue weighted by Gasteiger charge is 2.49. The van der Waals surface area contributed by atoms with E-state index in [2.05, 4.69) is 5.32 Å². The van der Waals surface area contributed by atoms with E-state index in [0.717, 1.165) is 46.8 Å². The number of anilines is 1. The fraction of sp³-hybridized carbons (Fsp3) is 0.400. The summed E-state index contributed by atoms with van der Waals surface area (Å²) < 4.78 is 1.72. The van der Waals surface area contributed by atoms with Crippen LogP contribution in [-0.2, 0) is 11.3 Å². The first-order chi connectivity index (χ1) is 16.0. The fourth-order valence-corrected chi connectivity index (χ4v) is 6.00. The van der Waals surface area contributed by atoms with Gasteiger partial charge in [0.1, 0.15) is 16.9 Å². The van der Waals surface area contributed by atoms with Gasteiger partial charge in [-0.15, -0.1) is 23.1 Å². The number of aromatic nitrogens is 2. The summed E-state index contributed by atoms with van der Waals surface area (Å²) in [5.41, 5.74) is 0.925. The van der Waals surface area contributed by atoms with Gasteiger partial charge in [0, 0.05) is 16.6 Å². The normalized spacial score (nSPS) is 21.2. The van der Waals surface area contributed by atoms with Crippen LogP contribution in [0.3, 0.4) is 0 Å². The number of hydrogen-bond acceptors (Lipinski definition) is 5. The van der Waals surface area contributed by atoms with E-state index in [9.17, 15) is 9.59 Å². The summed E-state index contributed by atoms with van der Waals surface area (Å²) in [6.07, 6.45) is 7.48. The van der Waals surface area contributed by atoms with Crippen LogP contribution in [0, 0.1) is 0 Å². The van der Waals surface area contributed by atoms with E-state index >= 15 is 0 Å². The molecule has 0 spiro atoms. The Hall–Kier alpha value is -2.58. The van der Waals surface area contributed by atoms with Crippen molar-refractivity contribution in [2.45, 2.75) is 62.0 Å². The zero-order valence-electron chi connectivity index (χ0n) is 18.9. The zero-order chi connectivity index (χ0) is 23.0. The van der Waals surface area contributed by atoms with Crippen LogP contribution in [0.2, 0.25) is 0 Å². The van der Waals surface area contributed by atoms with Crippen LogP contribution in [0.4, 0.5) is 5.69 Å². The Labute approximate surface area is 202 Å². The van der Waals surface area contributed by atoms with Crippen LogP contribution in [0.1, 0.15) is 49.5 Å². The number of thiophene rings is 1. The maximum atomic E-state index is 13.9. The predicted molar refractivity (Wildman–Crippen MR) is 134 cm³/mol. The van der Waals surface area contributed by atoms with E-state index in [-0.39, 0.29) is 17.9 Å². The monoisotopic (exact) mass is 480 g/mol. The molecule has 5 rings (SSSR count). The van der Waals surface area contributed by atoms with Crippen LogP contribution in [0.25, 0.3) is 10.6 Å². The molecule has 2 amide bonds. The number of thioether (sulfide) groups is 1. The van der Waals surface area contributed by atoms with Gasteiger partial charge in [0.25, 0.3) is 5.91 Å². The van der Waals surface area contributed by atoms with Crippen molar-refractivity contribution in [3.63, 3.8) is 0 Å². The molecule has 2 aromatic heterocycles. The van der Waals surface area contributed by atoms with Crippen molar-refractivity contribution in [3.8, 4) is 10.6 Å². The largest absolute Gasteiger partial charge is 0.351 e. The lowest BCUT2D eigenvalue weighted by Crippen LogP contribution is -2.65. The summed E-state index contributed by atoms with van der Waals surface area (Å²) in [5.74, 6) is -0.313. The average Bonchev–Trinajstić information content (AvgIpc) is 3.50. The van der Waals surface area contributed by atoms with Crippen molar-refractivity contribution in [2.75, 3.05) is 11.2 Å². The second-order valence-corrected chi connectivity index (χ2v) is 10.8. The van der Waals surface area contributed by atoms with Crippen LogP contribution >= 0.6 is 23.1 Å². The summed E-state index contributed by atoms with van der Waals surface area (Å²) in [6, 6.07) is 13.8. The molecule has 0 bridgehead atoms. The van der Waals surface area contributed by atoms with Gasteiger partial charge in [-0.1, -0.05) is 31.4 Å². The Balaban J connectivity index is 1.57. The van der Waals surface area contributed by atoms with Crippen molar-refractivity contribution in [1.82, 2.24) is 15.1 Å². The van der Waals surface area contributed by atoms with Gasteiger partial charge in [0.15, 0.2) is 0 Å². The van der Waals surface area contributed by atoms with E-state index < -0.39 is 5.54 Å². The van der Waals surface area contributed by atoms with E-state index in [0.29, 0.717) is 12.2 Å². The summed E-state index contributed by atoms with van der Waals surface area (Å²) >= 11 is 3.21. The van der Waals surface area contributed by atoms with E-state index in [1.165, 1.54) is 6.42 Å². The van der Waals surface area contributed by atoms with Gasteiger partial charge in [-0.25, -0.2) is 0 Å². The van der Waals surface area contributed by atoms with Gasteiger partial charge in [-0.3, -0.25) is 19.2 Å². The first-order valence-electron chi connectivity index (χ1n) is 11.4. The maximum Gasteiger partial charge on any atom is 0.277 e. The molecule has 8 heteroatoms. The Morgan fingerprint density at radius 3 is 2.73 bits per heavy atom. The minimum absolute atomic E-state index is 0.115. The maximum absolute atomic E-state index is 13.9. The number of hydrogen-bond donors (Lipinski definition) is 1. The van der Waals surface area contributed by atoms with Crippen molar-refractivity contribution in [1.29, 1.82) is 0 Å². The number of carbonyl (C=O) groups is 2. The van der Waals surface area contributed by atoms with Crippen molar-refractivity contribution < 1.29 is 9.59 Å². The van der Waals surface area contributed by atoms with Crippen LogP contribution in [0.15, 0.2) is 52.7 Å². The van der Waals surface area contributed by atoms with E-state index in [1.807, 2.05) is 61.0 Å². The molecule has 0 saturated heterocycles. The molecule has 3 aromatic rings. The Morgan fingerprint density at radius 2 is 2.00 bits per heavy atom. The standard InChI is InChI=1S/C25H28N4O2S2/c1-25(24(31)26-17-8-4-3-5-9-17)16-28-21(15-20(27-28)22-12-7-13-33-22)23(30)29(25)18-10-6-11-19(14-18)32-2/h6-7,10-15,17H,3-5,8-9,16H2,1-2H3,(H,26,31)/t25-/m0/s1. The van der Waals surface area contributed by atoms with Crippen LogP contribution in [-0.4, -0.2) is 39.4 Å². The number of rotatable bonds is 5. The molecule has 172 valence electrons. The third kappa shape index (κ3) is 4.10. The van der Waals surface area contributed by atoms with Gasteiger partial charge in [0.05, 0.1) is 11.4 Å². The summed E-state index contributed by atoms with van der Waals surface area (Å²) in [5, 5.41) is 9.99. The molecule has 0 radical (unpaired) electrons. The second-order valence-electron chi connectivity index (χ2n) is 8.97. The number of nitrogens with zero attached hydrogens (tertiary/aromatic N) is 3. The number of carbonyl (C=O) groups excluding carboxylic acids is 2. The van der Waals surface area contributed by atoms with Crippen molar-refractivity contribution >= 4 is 40.6 Å². The lowest BCUT2D eigenvalue weighted by molar-refractivity contribution is -0.127. The molecule has 3 heterocycles. The highest BCUT2D eigenvalue weighted by atomic mass is 32.2. The molecule has 1 fully saturated rings. The molecule has 1 N–H and O–H groups in total. The summed E-state index contributed by atoms with van der Waals surface area (Å²) in [7, 11) is 0. The lowest BCUT2D eigenvalue weighted by atomic mass is 9.91. The lowest BCUT2D eigenvalue weighted by Gasteiger charge is -2.44. The highest BCUT2D eigenvalue weighted by molar-refractivity contribution is 7.98. The molecular formula is C25H28N4O2S2. The second kappa shape index (κ2) is 8.99. The molecular weight excluding hydrogens is 452 g/mol. The summed E-state index contributed by atoms with van der Waals surface area (Å²) in [6.45, 7) is 2.17. The predicted octanol–water partition coefficient (Wildman–Crippen LogP) is 5.20. The smallest absolute Gasteiger partial charge is 0.277 e. The summed E-state index contributed by atoms with van der Waals surface area (Å²) in [4.78, 5) is 31.4. The molecule has 1 aromatic carbocycles. The number of benzene rings is 1. The first kappa shape index (κ1) is 22.2. The van der Waals surface area contributed by atoms with Gasteiger partial charge < -0.3 is 5.32 Å². The quantitative estimate of drug-likeness (QED) is 0.510. The van der Waals surface area contributed by atoms with Gasteiger partial charge in [-0.05, 0) is 61.7 Å². The Kier molecular flexibility index (Phi) is 6.05. The number of nitrogens with one attached hydrogen (secondary N) is 1. The minimum atomic E-state index is -1.09. The molecule has 1 aliphatic carbocycles. The molecule has 0 unspecified atom stereocenters. The Bertz CT molecular complexity index is 1170. The van der Waals surface area contributed by atoms with E-state index in [4.69, 9.17) is 5.10 Å². The van der Waals surface area contributed by atoms with Crippen molar-refractivity contribution in [3.05, 3.63) is 53.5 Å². The third-order valence-electron chi connectivity index (χ3n) is 6.67. The van der Waals surface area contributed by atoms with Crippen LogP contribution < -0.4 is 10.2 Å². The molecule has 6 nitrogen and oxygen atoms in total. The van der Waals surface area contributed by atoms with Gasteiger partial charge in [0.2, 0.25) is 5.91 Å². The van der Waals surface area contributed by atoms with E-state index in [1.54, 1.807) is 32.7 Å². The first-order valence-corrected chi connectivity index (χ1v) is 13.5. The van der Waals surface area contributed by atoms with Gasteiger partial charge in [-0.2, -0.15) is 5.10 Å². The SMILES string of the molecule is CSc1cccc(N2C(=O)c3cc(-c4cccs4)nn3C[C@@]2(C)C(=O)NC2CCCCC2)c1. The molecule has 2 aliphatic rings. The highest BCUT2D eigenvalue weighted by Crippen LogP contribution is 2.36. The molecule has 1 saturated carbocycles. The van der Waals surface area contributed by atoms with Crippen LogP contribution in [0.5, 0.6) is 0 Å². The molecule has 33 heavy (non-hydrogen) atoms. The minimum Gasteiger partial charge on any atom is -0.351 e. The number of amides is 2. The number of fused-ring (bicyclic) bond motifs is 1. The zero-order valence-corrected chi connectivity index (χ0v) is 20.5. The van der Waals surface area contributed by atoms with Gasteiger partial charge >= 0.3 is 0 Å². The average molecular weight is 481 g/mol. The topological polar surface area (TPSA) is 67.2 Å². The van der Waals surface area contributed by atoms with Crippen molar-refractivity contribution in [2.24, 2.45) is 0 Å².